The molecule has 0 spiro atoms. The summed E-state index contributed by atoms with van der Waals surface area (Å²) in [6.07, 6.45) is 0.708. The topological polar surface area (TPSA) is 102 Å². The van der Waals surface area contributed by atoms with E-state index in [1.54, 1.807) is 0 Å². The summed E-state index contributed by atoms with van der Waals surface area (Å²) >= 11 is 0. The molecule has 0 aliphatic heterocycles. The lowest BCUT2D eigenvalue weighted by Crippen LogP contribution is -2.46. The van der Waals surface area contributed by atoms with Gasteiger partial charge >= 0.3 is 0 Å². The average molecular weight is 224 g/mol. The molecule has 1 saturated carbocycles. The third-order valence-corrected chi connectivity index (χ3v) is 2.54. The second kappa shape index (κ2) is 3.97. The average Bonchev–Trinajstić information content (AvgIpc) is 2.13. The number of pyridine rings is 1. The molecule has 0 atom stereocenters. The molecule has 0 bridgehead atoms. The first-order chi connectivity index (χ1) is 7.54. The molecule has 6 heteroatoms. The fraction of sp³-hybridized carbons (Fsp3) is 0.400. The van der Waals surface area contributed by atoms with Gasteiger partial charge in [0, 0.05) is 18.2 Å². The van der Waals surface area contributed by atoms with E-state index in [2.05, 4.69) is 10.3 Å². The number of carbonyl (C=O) groups excluding carboxylic acids is 1. The molecular weight excluding hydrogens is 212 g/mol. The summed E-state index contributed by atoms with van der Waals surface area (Å²) in [5.74, 6) is -0.760. The van der Waals surface area contributed by atoms with Crippen LogP contribution in [0.25, 0.3) is 0 Å². The zero-order valence-electron chi connectivity index (χ0n) is 8.43. The monoisotopic (exact) mass is 224 g/mol. The molecule has 0 aromatic carbocycles. The van der Waals surface area contributed by atoms with E-state index in [4.69, 9.17) is 10.2 Å². The Kier molecular flexibility index (Phi) is 2.66. The van der Waals surface area contributed by atoms with Crippen molar-refractivity contribution in [1.29, 1.82) is 0 Å². The van der Waals surface area contributed by atoms with E-state index in [0.717, 1.165) is 6.07 Å². The third-order valence-electron chi connectivity index (χ3n) is 2.54. The van der Waals surface area contributed by atoms with Gasteiger partial charge in [-0.15, -0.1) is 0 Å². The van der Waals surface area contributed by atoms with E-state index < -0.39 is 11.5 Å². The number of carbonyl (C=O) groups is 1. The largest absolute Gasteiger partial charge is 0.494 e. The van der Waals surface area contributed by atoms with Crippen molar-refractivity contribution in [3.05, 3.63) is 28.0 Å². The van der Waals surface area contributed by atoms with E-state index in [1.165, 1.54) is 6.07 Å². The van der Waals surface area contributed by atoms with Gasteiger partial charge < -0.3 is 15.5 Å². The summed E-state index contributed by atoms with van der Waals surface area (Å²) in [6, 6.07) is 2.25. The lowest BCUT2D eigenvalue weighted by molar-refractivity contribution is 0.0562. The Morgan fingerprint density at radius 2 is 2.12 bits per heavy atom. The van der Waals surface area contributed by atoms with Crippen LogP contribution >= 0.6 is 0 Å². The van der Waals surface area contributed by atoms with Crippen molar-refractivity contribution < 1.29 is 15.0 Å². The van der Waals surface area contributed by atoms with Crippen LogP contribution in [-0.2, 0) is 0 Å². The van der Waals surface area contributed by atoms with E-state index >= 15 is 0 Å². The molecule has 1 aromatic rings. The van der Waals surface area contributed by atoms with Crippen LogP contribution in [0.4, 0.5) is 0 Å². The molecule has 6 nitrogen and oxygen atoms in total. The molecule has 1 aliphatic rings. The van der Waals surface area contributed by atoms with Crippen LogP contribution in [0.2, 0.25) is 0 Å². The number of hydrogen-bond acceptors (Lipinski definition) is 4. The second-order valence-corrected chi connectivity index (χ2v) is 3.91. The predicted molar refractivity (Wildman–Crippen MR) is 55.2 cm³/mol. The Labute approximate surface area is 90.9 Å². The van der Waals surface area contributed by atoms with Gasteiger partial charge in [0.25, 0.3) is 11.5 Å². The van der Waals surface area contributed by atoms with Crippen molar-refractivity contribution in [2.75, 3.05) is 0 Å². The summed E-state index contributed by atoms with van der Waals surface area (Å²) < 4.78 is 0. The number of rotatable bonds is 2. The van der Waals surface area contributed by atoms with Crippen molar-refractivity contribution in [2.45, 2.75) is 25.0 Å². The van der Waals surface area contributed by atoms with Crippen molar-refractivity contribution in [2.24, 2.45) is 0 Å². The van der Waals surface area contributed by atoms with Crippen molar-refractivity contribution in [3.63, 3.8) is 0 Å². The first-order valence-electron chi connectivity index (χ1n) is 4.97. The van der Waals surface area contributed by atoms with E-state index in [0.29, 0.717) is 12.8 Å². The highest BCUT2D eigenvalue weighted by atomic mass is 16.3. The van der Waals surface area contributed by atoms with Crippen LogP contribution in [0.5, 0.6) is 5.88 Å². The van der Waals surface area contributed by atoms with E-state index in [-0.39, 0.29) is 23.6 Å². The molecule has 16 heavy (non-hydrogen) atoms. The number of hydrogen-bond donors (Lipinski definition) is 4. The number of aliphatic hydroxyl groups excluding tert-OH is 1. The Bertz CT molecular complexity index is 462. The fourth-order valence-electron chi connectivity index (χ4n) is 1.63. The van der Waals surface area contributed by atoms with Gasteiger partial charge in [0.1, 0.15) is 0 Å². The highest BCUT2D eigenvalue weighted by molar-refractivity contribution is 5.94. The molecule has 1 amide bonds. The van der Waals surface area contributed by atoms with Crippen LogP contribution in [0.1, 0.15) is 23.2 Å². The molecule has 1 aromatic heterocycles. The van der Waals surface area contributed by atoms with Crippen LogP contribution < -0.4 is 10.9 Å². The molecule has 86 valence electrons. The number of nitrogens with one attached hydrogen (secondary N) is 2. The minimum absolute atomic E-state index is 0.0519. The van der Waals surface area contributed by atoms with Gasteiger partial charge in [-0.2, -0.15) is 0 Å². The first-order valence-corrected chi connectivity index (χ1v) is 4.97. The SMILES string of the molecule is O=C(NC1CC(O)C1)c1cc(O)[nH]c(=O)c1. The predicted octanol–water partition coefficient (Wildman–Crippen LogP) is -0.666. The molecule has 2 rings (SSSR count). The summed E-state index contributed by atoms with van der Waals surface area (Å²) in [7, 11) is 0. The molecule has 1 aliphatic carbocycles. The minimum atomic E-state index is -0.529. The lowest BCUT2D eigenvalue weighted by Gasteiger charge is -2.31. The summed E-state index contributed by atoms with van der Waals surface area (Å²) in [6.45, 7) is 0. The third kappa shape index (κ3) is 2.22. The van der Waals surface area contributed by atoms with E-state index in [1.807, 2.05) is 0 Å². The smallest absolute Gasteiger partial charge is 0.251 e. The number of aromatic hydroxyl groups is 1. The number of aromatic amines is 1. The number of amides is 1. The maximum atomic E-state index is 11.6. The fourth-order valence-corrected chi connectivity index (χ4v) is 1.63. The zero-order chi connectivity index (χ0) is 11.7. The Balaban J connectivity index is 2.06. The second-order valence-electron chi connectivity index (χ2n) is 3.91. The van der Waals surface area contributed by atoms with Crippen molar-refractivity contribution in [3.8, 4) is 5.88 Å². The Morgan fingerprint density at radius 1 is 1.44 bits per heavy atom. The number of aliphatic hydroxyl groups is 1. The summed E-state index contributed by atoms with van der Waals surface area (Å²) in [5, 5.41) is 20.8. The Morgan fingerprint density at radius 3 is 2.69 bits per heavy atom. The Hall–Kier alpha value is -1.82. The molecule has 4 N–H and O–H groups in total. The van der Waals surface area contributed by atoms with Crippen LogP contribution in [0.3, 0.4) is 0 Å². The molecule has 0 unspecified atom stereocenters. The summed E-state index contributed by atoms with van der Waals surface area (Å²) in [5.41, 5.74) is -0.415. The maximum absolute atomic E-state index is 11.6. The maximum Gasteiger partial charge on any atom is 0.251 e. The highest BCUT2D eigenvalue weighted by Crippen LogP contribution is 2.19. The van der Waals surface area contributed by atoms with Crippen molar-refractivity contribution in [1.82, 2.24) is 10.3 Å². The van der Waals surface area contributed by atoms with Gasteiger partial charge in [0.2, 0.25) is 0 Å². The quantitative estimate of drug-likeness (QED) is 0.535. The molecular formula is C10H12N2O4. The van der Waals surface area contributed by atoms with Crippen LogP contribution in [0, 0.1) is 0 Å². The van der Waals surface area contributed by atoms with Gasteiger partial charge in [-0.1, -0.05) is 0 Å². The van der Waals surface area contributed by atoms with E-state index in [9.17, 15) is 9.59 Å². The minimum Gasteiger partial charge on any atom is -0.494 e. The van der Waals surface area contributed by atoms with Gasteiger partial charge in [0.15, 0.2) is 5.88 Å². The first kappa shape index (κ1) is 10.7. The standard InChI is InChI=1S/C10H12N2O4/c13-7-3-6(4-7)11-10(16)5-1-8(14)12-9(15)2-5/h1-2,6-7,13H,3-4H2,(H,11,16)(H2,12,14,15). The molecule has 1 fully saturated rings. The van der Waals surface area contributed by atoms with Crippen LogP contribution in [0.15, 0.2) is 16.9 Å². The normalized spacial score (nSPS) is 23.6. The highest BCUT2D eigenvalue weighted by Gasteiger charge is 2.28. The number of aromatic nitrogens is 1. The van der Waals surface area contributed by atoms with Crippen molar-refractivity contribution >= 4 is 5.91 Å². The van der Waals surface area contributed by atoms with Gasteiger partial charge in [-0.05, 0) is 12.8 Å². The molecule has 0 saturated heterocycles. The van der Waals surface area contributed by atoms with Crippen LogP contribution in [-0.4, -0.2) is 33.3 Å². The zero-order valence-corrected chi connectivity index (χ0v) is 8.43. The molecule has 1 heterocycles. The van der Waals surface area contributed by atoms with Gasteiger partial charge in [0.05, 0.1) is 11.7 Å². The summed E-state index contributed by atoms with van der Waals surface area (Å²) in [4.78, 5) is 24.7. The van der Waals surface area contributed by atoms with Gasteiger partial charge in [-0.25, -0.2) is 0 Å². The number of H-pyrrole nitrogens is 1. The van der Waals surface area contributed by atoms with Gasteiger partial charge in [-0.3, -0.25) is 14.6 Å². The lowest BCUT2D eigenvalue weighted by atomic mass is 9.89. The molecule has 0 radical (unpaired) electrons.